The fourth-order valence-corrected chi connectivity index (χ4v) is 3.47. The molecule has 0 radical (unpaired) electrons. The van der Waals surface area contributed by atoms with Gasteiger partial charge in [-0.1, -0.05) is 36.1 Å². The molecule has 1 nitrogen and oxygen atoms in total. The molecule has 0 atom stereocenters. The number of methoxy groups -OCH3 is 1. The maximum absolute atomic E-state index is 14.5. The molecule has 5 heteroatoms. The van der Waals surface area contributed by atoms with Gasteiger partial charge in [0.25, 0.3) is 0 Å². The van der Waals surface area contributed by atoms with Gasteiger partial charge in [0.15, 0.2) is 11.6 Å². The predicted molar refractivity (Wildman–Crippen MR) is 117 cm³/mol. The second-order valence-electron chi connectivity index (χ2n) is 7.30. The summed E-state index contributed by atoms with van der Waals surface area (Å²) >= 11 is 0. The van der Waals surface area contributed by atoms with Crippen LogP contribution in [0.25, 0.3) is 21.9 Å². The topological polar surface area (TPSA) is 9.23 Å². The van der Waals surface area contributed by atoms with Crippen LogP contribution in [0.4, 0.5) is 17.6 Å². The standard InChI is InChI=1S/C27H18F4O/c1-32-13-12-19-15-24(29)26(25(30)16-19)20-7-4-17(5-8-20)2-3-18-6-10-22-21(14-18)9-11-23(28)27(22)31/h4-11,14-16H,12-13H2,1H3. The Bertz CT molecular complexity index is 1330. The molecule has 0 amide bonds. The lowest BCUT2D eigenvalue weighted by molar-refractivity contribution is 0.202. The van der Waals surface area contributed by atoms with E-state index in [4.69, 9.17) is 4.74 Å². The summed E-state index contributed by atoms with van der Waals surface area (Å²) in [5, 5.41) is 0.739. The third-order valence-corrected chi connectivity index (χ3v) is 5.13. The van der Waals surface area contributed by atoms with E-state index in [2.05, 4.69) is 11.8 Å². The fourth-order valence-electron chi connectivity index (χ4n) is 3.47. The smallest absolute Gasteiger partial charge is 0.166 e. The SMILES string of the molecule is COCCc1cc(F)c(-c2ccc(C#Cc3ccc4c(F)c(F)ccc4c3)cc2)c(F)c1. The second kappa shape index (κ2) is 9.25. The van der Waals surface area contributed by atoms with E-state index in [9.17, 15) is 17.6 Å². The summed E-state index contributed by atoms with van der Waals surface area (Å²) in [6.07, 6.45) is 0.426. The Kier molecular flexibility index (Phi) is 6.25. The van der Waals surface area contributed by atoms with Gasteiger partial charge in [0.1, 0.15) is 11.6 Å². The molecule has 4 aromatic carbocycles. The van der Waals surface area contributed by atoms with Crippen molar-refractivity contribution in [3.05, 3.63) is 107 Å². The first kappa shape index (κ1) is 21.6. The second-order valence-corrected chi connectivity index (χ2v) is 7.30. The minimum Gasteiger partial charge on any atom is -0.384 e. The molecular weight excluding hydrogens is 416 g/mol. The van der Waals surface area contributed by atoms with Crippen molar-refractivity contribution in [2.45, 2.75) is 6.42 Å². The van der Waals surface area contributed by atoms with Gasteiger partial charge >= 0.3 is 0 Å². The molecule has 0 saturated carbocycles. The molecule has 160 valence electrons. The molecule has 0 spiro atoms. The lowest BCUT2D eigenvalue weighted by Crippen LogP contribution is -1.98. The average molecular weight is 434 g/mol. The molecule has 0 aliphatic heterocycles. The van der Waals surface area contributed by atoms with Crippen molar-refractivity contribution in [3.8, 4) is 23.0 Å². The van der Waals surface area contributed by atoms with E-state index in [0.29, 0.717) is 40.7 Å². The van der Waals surface area contributed by atoms with Gasteiger partial charge in [-0.05, 0) is 65.4 Å². The van der Waals surface area contributed by atoms with Crippen LogP contribution in [0.15, 0.2) is 66.7 Å². The van der Waals surface area contributed by atoms with Gasteiger partial charge in [-0.2, -0.15) is 0 Å². The highest BCUT2D eigenvalue weighted by atomic mass is 19.2. The highest BCUT2D eigenvalue weighted by Crippen LogP contribution is 2.28. The molecule has 4 rings (SSSR count). The van der Waals surface area contributed by atoms with Gasteiger partial charge in [-0.25, -0.2) is 17.6 Å². The summed E-state index contributed by atoms with van der Waals surface area (Å²) < 4.78 is 61.1. The Morgan fingerprint density at radius 2 is 1.38 bits per heavy atom. The van der Waals surface area contributed by atoms with Crippen molar-refractivity contribution >= 4 is 10.8 Å². The Morgan fingerprint density at radius 1 is 0.719 bits per heavy atom. The predicted octanol–water partition coefficient (Wildman–Crippen LogP) is 6.65. The lowest BCUT2D eigenvalue weighted by Gasteiger charge is -2.08. The van der Waals surface area contributed by atoms with E-state index in [-0.39, 0.29) is 10.9 Å². The van der Waals surface area contributed by atoms with Crippen LogP contribution in [0.1, 0.15) is 16.7 Å². The average Bonchev–Trinajstić information content (AvgIpc) is 2.79. The number of benzene rings is 4. The number of hydrogen-bond acceptors (Lipinski definition) is 1. The van der Waals surface area contributed by atoms with E-state index in [1.54, 1.807) is 36.4 Å². The van der Waals surface area contributed by atoms with E-state index in [1.807, 2.05) is 0 Å². The zero-order valence-electron chi connectivity index (χ0n) is 17.2. The Labute approximate surface area is 183 Å². The largest absolute Gasteiger partial charge is 0.384 e. The maximum Gasteiger partial charge on any atom is 0.166 e. The molecule has 0 bridgehead atoms. The first-order valence-electron chi connectivity index (χ1n) is 9.93. The first-order valence-corrected chi connectivity index (χ1v) is 9.93. The van der Waals surface area contributed by atoms with E-state index >= 15 is 0 Å². The number of ether oxygens (including phenoxy) is 1. The van der Waals surface area contributed by atoms with Gasteiger partial charge in [-0.15, -0.1) is 0 Å². The number of fused-ring (bicyclic) bond motifs is 1. The lowest BCUT2D eigenvalue weighted by atomic mass is 10.00. The Morgan fingerprint density at radius 3 is 2.06 bits per heavy atom. The van der Waals surface area contributed by atoms with Crippen LogP contribution in [0, 0.1) is 35.1 Å². The minimum absolute atomic E-state index is 0.0885. The Hall–Kier alpha value is -3.62. The summed E-state index contributed by atoms with van der Waals surface area (Å²) in [4.78, 5) is 0. The van der Waals surface area contributed by atoms with Gasteiger partial charge in [0, 0.05) is 23.6 Å². The van der Waals surface area contributed by atoms with Crippen molar-refractivity contribution in [2.24, 2.45) is 0 Å². The minimum atomic E-state index is -0.895. The first-order chi connectivity index (χ1) is 15.5. The summed E-state index contributed by atoms with van der Waals surface area (Å²) in [5.41, 5.74) is 2.14. The normalized spacial score (nSPS) is 10.8. The zero-order valence-corrected chi connectivity index (χ0v) is 17.2. The fraction of sp³-hybridized carbons (Fsp3) is 0.111. The molecule has 0 aliphatic carbocycles. The summed E-state index contributed by atoms with van der Waals surface area (Å²) in [6, 6.07) is 16.6. The highest BCUT2D eigenvalue weighted by Gasteiger charge is 2.13. The third kappa shape index (κ3) is 4.51. The maximum atomic E-state index is 14.5. The quantitative estimate of drug-likeness (QED) is 0.258. The van der Waals surface area contributed by atoms with Crippen molar-refractivity contribution in [3.63, 3.8) is 0 Å². The monoisotopic (exact) mass is 434 g/mol. The van der Waals surface area contributed by atoms with Gasteiger partial charge in [-0.3, -0.25) is 0 Å². The van der Waals surface area contributed by atoms with Gasteiger partial charge in [0.05, 0.1) is 12.2 Å². The van der Waals surface area contributed by atoms with E-state index in [1.165, 1.54) is 31.4 Å². The van der Waals surface area contributed by atoms with Crippen LogP contribution in [-0.4, -0.2) is 13.7 Å². The number of hydrogen-bond donors (Lipinski definition) is 0. The van der Waals surface area contributed by atoms with Crippen molar-refractivity contribution in [1.29, 1.82) is 0 Å². The molecule has 0 saturated heterocycles. The van der Waals surface area contributed by atoms with E-state index in [0.717, 1.165) is 6.07 Å². The molecule has 0 heterocycles. The van der Waals surface area contributed by atoms with Crippen molar-refractivity contribution in [2.75, 3.05) is 13.7 Å². The summed E-state index contributed by atoms with van der Waals surface area (Å²) in [5.74, 6) is 2.90. The molecule has 0 N–H and O–H groups in total. The number of halogens is 4. The van der Waals surface area contributed by atoms with Crippen LogP contribution in [0.5, 0.6) is 0 Å². The highest BCUT2D eigenvalue weighted by molar-refractivity contribution is 5.84. The summed E-state index contributed by atoms with van der Waals surface area (Å²) in [7, 11) is 1.53. The van der Waals surface area contributed by atoms with E-state index < -0.39 is 23.3 Å². The van der Waals surface area contributed by atoms with Crippen LogP contribution in [0.2, 0.25) is 0 Å². The van der Waals surface area contributed by atoms with Crippen molar-refractivity contribution < 1.29 is 22.3 Å². The molecule has 0 fully saturated rings. The molecule has 32 heavy (non-hydrogen) atoms. The van der Waals surface area contributed by atoms with Crippen LogP contribution in [0.3, 0.4) is 0 Å². The molecular formula is C27H18F4O. The van der Waals surface area contributed by atoms with Crippen LogP contribution < -0.4 is 0 Å². The molecule has 0 unspecified atom stereocenters. The van der Waals surface area contributed by atoms with Crippen LogP contribution in [-0.2, 0) is 11.2 Å². The Balaban J connectivity index is 1.57. The third-order valence-electron chi connectivity index (χ3n) is 5.13. The molecule has 0 aromatic heterocycles. The molecule has 0 aliphatic rings. The number of rotatable bonds is 4. The zero-order chi connectivity index (χ0) is 22.7. The van der Waals surface area contributed by atoms with Gasteiger partial charge < -0.3 is 4.74 Å². The summed E-state index contributed by atoms with van der Waals surface area (Å²) in [6.45, 7) is 0.384. The van der Waals surface area contributed by atoms with Crippen LogP contribution >= 0.6 is 0 Å². The van der Waals surface area contributed by atoms with Crippen molar-refractivity contribution in [1.82, 2.24) is 0 Å². The molecule has 4 aromatic rings. The van der Waals surface area contributed by atoms with Gasteiger partial charge in [0.2, 0.25) is 0 Å².